The van der Waals surface area contributed by atoms with Gasteiger partial charge in [0, 0.05) is 0 Å². The zero-order valence-electron chi connectivity index (χ0n) is 13.5. The van der Waals surface area contributed by atoms with Crippen LogP contribution in [0.3, 0.4) is 0 Å². The Morgan fingerprint density at radius 3 is 2.05 bits per heavy atom. The molecule has 0 unspecified atom stereocenters. The summed E-state index contributed by atoms with van der Waals surface area (Å²) >= 11 is 0. The van der Waals surface area contributed by atoms with Gasteiger partial charge in [-0.3, -0.25) is 0 Å². The average Bonchev–Trinajstić information content (AvgIpc) is 2.45. The van der Waals surface area contributed by atoms with Gasteiger partial charge in [-0.25, -0.2) is 0 Å². The molecule has 0 aliphatic heterocycles. The van der Waals surface area contributed by atoms with Crippen molar-refractivity contribution in [2.75, 3.05) is 0 Å². The van der Waals surface area contributed by atoms with Gasteiger partial charge in [0.25, 0.3) is 0 Å². The molecule has 20 heavy (non-hydrogen) atoms. The topological polar surface area (TPSA) is 0 Å². The van der Waals surface area contributed by atoms with Gasteiger partial charge in [-0.2, -0.15) is 0 Å². The second kappa shape index (κ2) is 11.8. The monoisotopic (exact) mass is 272 g/mol. The van der Waals surface area contributed by atoms with E-state index in [-0.39, 0.29) is 0 Å². The zero-order chi connectivity index (χ0) is 14.5. The number of hydrogen-bond acceptors (Lipinski definition) is 0. The van der Waals surface area contributed by atoms with E-state index in [1.165, 1.54) is 63.4 Å². The van der Waals surface area contributed by atoms with Gasteiger partial charge in [-0.05, 0) is 24.3 Å². The maximum Gasteiger partial charge on any atom is -0.0260 e. The van der Waals surface area contributed by atoms with Gasteiger partial charge in [0.05, 0.1) is 0 Å². The highest BCUT2D eigenvalue weighted by Crippen LogP contribution is 2.13. The lowest BCUT2D eigenvalue weighted by atomic mass is 10.0. The molecule has 0 bridgehead atoms. The summed E-state index contributed by atoms with van der Waals surface area (Å²) in [5, 5.41) is 0. The first-order valence-corrected chi connectivity index (χ1v) is 8.50. The molecule has 0 atom stereocenters. The lowest BCUT2D eigenvalue weighted by Gasteiger charge is -2.04. The van der Waals surface area contributed by atoms with Crippen molar-refractivity contribution in [1.82, 2.24) is 0 Å². The highest BCUT2D eigenvalue weighted by atomic mass is 14.0. The van der Waals surface area contributed by atoms with Crippen molar-refractivity contribution in [3.8, 4) is 0 Å². The molecule has 0 N–H and O–H groups in total. The molecule has 1 rings (SSSR count). The van der Waals surface area contributed by atoms with Gasteiger partial charge in [-0.15, -0.1) is 0 Å². The van der Waals surface area contributed by atoms with Crippen LogP contribution in [0.2, 0.25) is 0 Å². The van der Waals surface area contributed by atoms with Crippen LogP contribution in [0.25, 0.3) is 6.08 Å². The molecular weight excluding hydrogens is 240 g/mol. The molecule has 0 heteroatoms. The smallest absolute Gasteiger partial charge is 0.0260 e. The molecule has 112 valence electrons. The number of benzene rings is 1. The SMILES string of the molecule is CC(C)CCCCCCCCCC=Cc1ccccc1. The normalized spacial score (nSPS) is 11.6. The van der Waals surface area contributed by atoms with E-state index in [4.69, 9.17) is 0 Å². The fourth-order valence-corrected chi connectivity index (χ4v) is 2.48. The van der Waals surface area contributed by atoms with Crippen LogP contribution < -0.4 is 0 Å². The highest BCUT2D eigenvalue weighted by molar-refractivity contribution is 5.48. The average molecular weight is 272 g/mol. The Balaban J connectivity index is 1.87. The Hall–Kier alpha value is -1.04. The Kier molecular flexibility index (Phi) is 10.0. The molecule has 1 aromatic rings. The summed E-state index contributed by atoms with van der Waals surface area (Å²) in [6.07, 6.45) is 17.1. The van der Waals surface area contributed by atoms with E-state index in [1.807, 2.05) is 0 Å². The molecule has 0 fully saturated rings. The van der Waals surface area contributed by atoms with E-state index in [2.05, 4.69) is 56.3 Å². The zero-order valence-corrected chi connectivity index (χ0v) is 13.5. The van der Waals surface area contributed by atoms with Crippen LogP contribution in [0.5, 0.6) is 0 Å². The molecule has 0 nitrogen and oxygen atoms in total. The summed E-state index contributed by atoms with van der Waals surface area (Å²) in [5.74, 6) is 0.881. The summed E-state index contributed by atoms with van der Waals surface area (Å²) < 4.78 is 0. The Morgan fingerprint density at radius 2 is 1.40 bits per heavy atom. The van der Waals surface area contributed by atoms with Crippen LogP contribution in [0.1, 0.15) is 77.2 Å². The second-order valence-electron chi connectivity index (χ2n) is 6.26. The maximum atomic E-state index is 2.32. The van der Waals surface area contributed by atoms with Crippen molar-refractivity contribution < 1.29 is 0 Å². The summed E-state index contributed by atoms with van der Waals surface area (Å²) in [6, 6.07) is 10.6. The standard InChI is InChI=1S/C20H32/c1-19(2)15-11-8-6-4-3-5-7-9-12-16-20-17-13-10-14-18-20/h10,12-14,16-19H,3-9,11,15H2,1-2H3. The van der Waals surface area contributed by atoms with Crippen molar-refractivity contribution in [2.45, 2.75) is 71.6 Å². The minimum atomic E-state index is 0.881. The van der Waals surface area contributed by atoms with Crippen molar-refractivity contribution in [3.63, 3.8) is 0 Å². The van der Waals surface area contributed by atoms with Crippen LogP contribution in [0, 0.1) is 5.92 Å². The molecule has 0 saturated heterocycles. The summed E-state index contributed by atoms with van der Waals surface area (Å²) in [6.45, 7) is 4.64. The van der Waals surface area contributed by atoms with Crippen molar-refractivity contribution in [1.29, 1.82) is 0 Å². The summed E-state index contributed by atoms with van der Waals surface area (Å²) in [4.78, 5) is 0. The molecule has 0 aromatic heterocycles. The molecule has 0 aliphatic rings. The first-order chi connectivity index (χ1) is 9.79. The van der Waals surface area contributed by atoms with Gasteiger partial charge in [0.2, 0.25) is 0 Å². The Morgan fingerprint density at radius 1 is 0.800 bits per heavy atom. The fraction of sp³-hybridized carbons (Fsp3) is 0.600. The minimum Gasteiger partial charge on any atom is -0.0839 e. The van der Waals surface area contributed by atoms with E-state index in [1.54, 1.807) is 0 Å². The van der Waals surface area contributed by atoms with Crippen molar-refractivity contribution in [2.24, 2.45) is 5.92 Å². The van der Waals surface area contributed by atoms with E-state index in [9.17, 15) is 0 Å². The molecule has 0 heterocycles. The molecule has 0 aliphatic carbocycles. The predicted molar refractivity (Wildman–Crippen MR) is 91.9 cm³/mol. The fourth-order valence-electron chi connectivity index (χ4n) is 2.48. The van der Waals surface area contributed by atoms with Crippen LogP contribution >= 0.6 is 0 Å². The maximum absolute atomic E-state index is 2.32. The van der Waals surface area contributed by atoms with Crippen molar-refractivity contribution >= 4 is 6.08 Å². The number of allylic oxidation sites excluding steroid dienone is 1. The van der Waals surface area contributed by atoms with E-state index in [0.717, 1.165) is 5.92 Å². The first-order valence-electron chi connectivity index (χ1n) is 8.50. The van der Waals surface area contributed by atoms with Gasteiger partial charge in [0.15, 0.2) is 0 Å². The molecule has 0 spiro atoms. The number of unbranched alkanes of at least 4 members (excludes halogenated alkanes) is 7. The first kappa shape index (κ1) is 17.0. The van der Waals surface area contributed by atoms with Gasteiger partial charge in [-0.1, -0.05) is 101 Å². The van der Waals surface area contributed by atoms with Gasteiger partial charge < -0.3 is 0 Å². The summed E-state index contributed by atoms with van der Waals surface area (Å²) in [5.41, 5.74) is 1.32. The minimum absolute atomic E-state index is 0.881. The van der Waals surface area contributed by atoms with E-state index in [0.29, 0.717) is 0 Å². The highest BCUT2D eigenvalue weighted by Gasteiger charge is 1.94. The number of hydrogen-bond donors (Lipinski definition) is 0. The third-order valence-corrected chi connectivity index (χ3v) is 3.76. The number of rotatable bonds is 11. The predicted octanol–water partition coefficient (Wildman–Crippen LogP) is 6.87. The Labute approximate surface area is 126 Å². The molecule has 0 radical (unpaired) electrons. The second-order valence-corrected chi connectivity index (χ2v) is 6.26. The van der Waals surface area contributed by atoms with Gasteiger partial charge >= 0.3 is 0 Å². The van der Waals surface area contributed by atoms with E-state index >= 15 is 0 Å². The Bertz CT molecular complexity index is 334. The van der Waals surface area contributed by atoms with Crippen molar-refractivity contribution in [3.05, 3.63) is 42.0 Å². The lowest BCUT2D eigenvalue weighted by Crippen LogP contribution is -1.87. The van der Waals surface area contributed by atoms with E-state index < -0.39 is 0 Å². The van der Waals surface area contributed by atoms with Crippen LogP contribution in [0.15, 0.2) is 36.4 Å². The molecule has 0 saturated carbocycles. The van der Waals surface area contributed by atoms with Crippen LogP contribution in [0.4, 0.5) is 0 Å². The van der Waals surface area contributed by atoms with Gasteiger partial charge in [0.1, 0.15) is 0 Å². The third-order valence-electron chi connectivity index (χ3n) is 3.76. The molecular formula is C20H32. The van der Waals surface area contributed by atoms with Crippen LogP contribution in [-0.2, 0) is 0 Å². The third kappa shape index (κ3) is 9.83. The quantitative estimate of drug-likeness (QED) is 0.386. The molecule has 1 aromatic carbocycles. The summed E-state index contributed by atoms with van der Waals surface area (Å²) in [7, 11) is 0. The van der Waals surface area contributed by atoms with Crippen LogP contribution in [-0.4, -0.2) is 0 Å². The lowest BCUT2D eigenvalue weighted by molar-refractivity contribution is 0.509. The largest absolute Gasteiger partial charge is 0.0839 e. The molecule has 0 amide bonds.